The molecule has 1 saturated heterocycles. The van der Waals surface area contributed by atoms with Crippen molar-refractivity contribution in [1.29, 1.82) is 5.26 Å². The maximum Gasteiger partial charge on any atom is 0.353 e. The van der Waals surface area contributed by atoms with E-state index in [0.29, 0.717) is 24.0 Å². The molecule has 2 aliphatic heterocycles. The van der Waals surface area contributed by atoms with E-state index >= 15 is 0 Å². The van der Waals surface area contributed by atoms with E-state index < -0.39 is 58.4 Å². The van der Waals surface area contributed by atoms with Crippen LogP contribution in [0.1, 0.15) is 37.3 Å². The molecule has 2 aromatic carbocycles. The van der Waals surface area contributed by atoms with Crippen molar-refractivity contribution < 1.29 is 29.1 Å². The third-order valence-corrected chi connectivity index (χ3v) is 9.68. The molecule has 238 valence electrons. The SMILES string of the molecule is C[C@@]1(Cc2ccc(C#N)cc2)C(=O)N(c2cc(Cl)cc(Cl)c2)C2N(C3CC3(C(N)=O)C(=O)NC3(C(=O)NN)CC3)C=C(C(=O)O)N21. The van der Waals surface area contributed by atoms with Gasteiger partial charge in [-0.3, -0.25) is 29.5 Å². The fraction of sp³-hybridized carbons (Fsp3) is 0.333. The number of carboxylic acids is 1. The van der Waals surface area contributed by atoms with Crippen LogP contribution in [0, 0.1) is 16.7 Å². The minimum absolute atomic E-state index is 0.0279. The molecule has 7 N–H and O–H groups in total. The number of aliphatic carboxylic acids is 1. The smallest absolute Gasteiger partial charge is 0.353 e. The Balaban J connectivity index is 1.44. The molecule has 16 heteroatoms. The third kappa shape index (κ3) is 4.61. The fourth-order valence-corrected chi connectivity index (χ4v) is 7.10. The molecule has 4 atom stereocenters. The topological polar surface area (TPSA) is 215 Å². The number of hydrazine groups is 1. The number of nitriles is 1. The summed E-state index contributed by atoms with van der Waals surface area (Å²) in [6.07, 6.45) is 0.620. The number of nitrogens with one attached hydrogen (secondary N) is 2. The average Bonchev–Trinajstić information content (AvgIpc) is 3.90. The lowest BCUT2D eigenvalue weighted by Gasteiger charge is -2.37. The average molecular weight is 668 g/mol. The number of amides is 4. The van der Waals surface area contributed by atoms with Crippen LogP contribution in [0.15, 0.2) is 54.4 Å². The second-order valence-electron chi connectivity index (χ2n) is 12.1. The Kier molecular flexibility index (Phi) is 7.19. The zero-order valence-electron chi connectivity index (χ0n) is 24.3. The summed E-state index contributed by atoms with van der Waals surface area (Å²) >= 11 is 12.7. The van der Waals surface area contributed by atoms with Gasteiger partial charge in [0.1, 0.15) is 22.2 Å². The highest BCUT2D eigenvalue weighted by molar-refractivity contribution is 6.35. The number of nitrogens with zero attached hydrogens (tertiary/aromatic N) is 4. The number of benzene rings is 2. The minimum atomic E-state index is -1.85. The van der Waals surface area contributed by atoms with Crippen molar-refractivity contribution in [2.75, 3.05) is 4.90 Å². The van der Waals surface area contributed by atoms with Gasteiger partial charge in [-0.25, -0.2) is 10.6 Å². The van der Waals surface area contributed by atoms with E-state index in [-0.39, 0.29) is 34.3 Å². The molecule has 4 aliphatic rings. The van der Waals surface area contributed by atoms with Crippen molar-refractivity contribution in [2.45, 2.75) is 56.0 Å². The molecule has 0 radical (unpaired) electrons. The molecule has 0 spiro atoms. The van der Waals surface area contributed by atoms with Crippen LogP contribution < -0.4 is 27.2 Å². The zero-order chi connectivity index (χ0) is 33.3. The van der Waals surface area contributed by atoms with Crippen molar-refractivity contribution in [1.82, 2.24) is 20.5 Å². The number of carboxylic acid groups (broad SMARTS) is 1. The molecule has 3 fully saturated rings. The number of fused-ring (bicyclic) bond motifs is 1. The Morgan fingerprint density at radius 2 is 1.72 bits per heavy atom. The molecule has 2 heterocycles. The number of carbonyl (C=O) groups excluding carboxylic acids is 4. The van der Waals surface area contributed by atoms with Crippen molar-refractivity contribution in [3.05, 3.63) is 75.5 Å². The van der Waals surface area contributed by atoms with Gasteiger partial charge in [0, 0.05) is 22.7 Å². The first-order chi connectivity index (χ1) is 21.7. The Labute approximate surface area is 272 Å². The van der Waals surface area contributed by atoms with Gasteiger partial charge in [-0.05, 0) is 62.1 Å². The molecule has 0 aromatic heterocycles. The van der Waals surface area contributed by atoms with Crippen LogP contribution in [0.4, 0.5) is 5.69 Å². The maximum atomic E-state index is 14.6. The summed E-state index contributed by atoms with van der Waals surface area (Å²) in [5.74, 6) is 1.02. The molecular weight excluding hydrogens is 639 g/mol. The lowest BCUT2D eigenvalue weighted by atomic mass is 9.90. The van der Waals surface area contributed by atoms with Gasteiger partial charge < -0.3 is 26.0 Å². The van der Waals surface area contributed by atoms with Crippen LogP contribution in [0.2, 0.25) is 10.0 Å². The molecule has 2 aromatic rings. The van der Waals surface area contributed by atoms with Gasteiger partial charge in [-0.1, -0.05) is 35.3 Å². The van der Waals surface area contributed by atoms with Gasteiger partial charge in [-0.2, -0.15) is 5.26 Å². The lowest BCUT2D eigenvalue weighted by molar-refractivity contribution is -0.140. The van der Waals surface area contributed by atoms with E-state index in [1.807, 2.05) is 11.5 Å². The molecule has 46 heavy (non-hydrogen) atoms. The number of primary amides is 1. The van der Waals surface area contributed by atoms with Gasteiger partial charge in [0.05, 0.1) is 23.4 Å². The fourth-order valence-electron chi connectivity index (χ4n) is 6.59. The number of hydrogen-bond acceptors (Lipinski definition) is 9. The van der Waals surface area contributed by atoms with Gasteiger partial charge in [0.25, 0.3) is 11.8 Å². The summed E-state index contributed by atoms with van der Waals surface area (Å²) in [6, 6.07) is 12.1. The van der Waals surface area contributed by atoms with Crippen LogP contribution >= 0.6 is 23.2 Å². The quantitative estimate of drug-likeness (QED) is 0.110. The van der Waals surface area contributed by atoms with Crippen molar-refractivity contribution in [2.24, 2.45) is 17.0 Å². The van der Waals surface area contributed by atoms with Crippen molar-refractivity contribution >= 4 is 58.5 Å². The van der Waals surface area contributed by atoms with E-state index in [0.717, 1.165) is 0 Å². The number of hydrogen-bond donors (Lipinski definition) is 5. The van der Waals surface area contributed by atoms with Gasteiger partial charge in [0.15, 0.2) is 6.29 Å². The summed E-state index contributed by atoms with van der Waals surface area (Å²) in [5, 5.41) is 22.7. The molecule has 14 nitrogen and oxygen atoms in total. The highest BCUT2D eigenvalue weighted by Gasteiger charge is 2.73. The first-order valence-electron chi connectivity index (χ1n) is 14.2. The summed E-state index contributed by atoms with van der Waals surface area (Å²) in [6.45, 7) is 1.59. The lowest BCUT2D eigenvalue weighted by Crippen LogP contribution is -2.56. The number of anilines is 1. The summed E-state index contributed by atoms with van der Waals surface area (Å²) in [7, 11) is 0. The molecule has 4 amide bonds. The first-order valence-corrected chi connectivity index (χ1v) is 14.9. The minimum Gasteiger partial charge on any atom is -0.477 e. The molecule has 0 bridgehead atoms. The van der Waals surface area contributed by atoms with Crippen molar-refractivity contribution in [3.63, 3.8) is 0 Å². The highest BCUT2D eigenvalue weighted by Crippen LogP contribution is 2.56. The number of carbonyl (C=O) groups is 5. The maximum absolute atomic E-state index is 14.6. The zero-order valence-corrected chi connectivity index (χ0v) is 25.8. The largest absolute Gasteiger partial charge is 0.477 e. The first kappa shape index (κ1) is 31.2. The van der Waals surface area contributed by atoms with Crippen LogP contribution in [-0.4, -0.2) is 67.9 Å². The predicted molar refractivity (Wildman–Crippen MR) is 163 cm³/mol. The van der Waals surface area contributed by atoms with E-state index in [9.17, 15) is 34.3 Å². The summed E-state index contributed by atoms with van der Waals surface area (Å²) < 4.78 is 0. The Morgan fingerprint density at radius 3 is 2.24 bits per heavy atom. The van der Waals surface area contributed by atoms with Crippen LogP contribution in [0.25, 0.3) is 0 Å². The molecule has 6 rings (SSSR count). The van der Waals surface area contributed by atoms with E-state index in [1.165, 1.54) is 39.1 Å². The second-order valence-corrected chi connectivity index (χ2v) is 13.0. The number of rotatable bonds is 9. The standard InChI is InChI=1S/C30H28Cl2N8O6/c1-28(11-15-2-4-16(13-33)5-3-15)26(46)39(19-9-17(31)8-18(32)10-19)27-38(14-20(22(41)42)40(27)28)21-12-30(21,23(34)43)25(45)36-29(6-7-29)24(44)37-35/h2-5,8-10,14,21,27H,6-7,11-12,35H2,1H3,(H2,34,43)(H,36,45)(H,37,44)(H,41,42)/t21?,27?,28-,30?/m1/s1. The Morgan fingerprint density at radius 1 is 1.09 bits per heavy atom. The van der Waals surface area contributed by atoms with Gasteiger partial charge in [0.2, 0.25) is 11.8 Å². The number of nitrogens with two attached hydrogens (primary N) is 2. The molecule has 3 unspecified atom stereocenters. The molecular formula is C30H28Cl2N8O6. The van der Waals surface area contributed by atoms with Gasteiger partial charge >= 0.3 is 5.97 Å². The van der Waals surface area contributed by atoms with Gasteiger partial charge in [-0.15, -0.1) is 0 Å². The monoisotopic (exact) mass is 666 g/mol. The third-order valence-electron chi connectivity index (χ3n) is 9.24. The Bertz CT molecular complexity index is 1770. The van der Waals surface area contributed by atoms with E-state index in [1.54, 1.807) is 31.2 Å². The summed E-state index contributed by atoms with van der Waals surface area (Å²) in [5.41, 5.74) is 4.22. The highest BCUT2D eigenvalue weighted by atomic mass is 35.5. The molecule has 2 saturated carbocycles. The molecule has 2 aliphatic carbocycles. The van der Waals surface area contributed by atoms with Crippen LogP contribution in [-0.2, 0) is 30.4 Å². The Hall–Kier alpha value is -4.84. The van der Waals surface area contributed by atoms with Crippen LogP contribution in [0.3, 0.4) is 0 Å². The van der Waals surface area contributed by atoms with Crippen LogP contribution in [0.5, 0.6) is 0 Å². The number of halogens is 2. The van der Waals surface area contributed by atoms with E-state index in [2.05, 4.69) is 5.32 Å². The second kappa shape index (κ2) is 10.6. The summed E-state index contributed by atoms with van der Waals surface area (Å²) in [4.78, 5) is 70.6. The predicted octanol–water partition coefficient (Wildman–Crippen LogP) is 0.923. The normalized spacial score (nSPS) is 27.0. The van der Waals surface area contributed by atoms with Crippen molar-refractivity contribution in [3.8, 4) is 6.07 Å². The van der Waals surface area contributed by atoms with E-state index in [4.69, 9.17) is 34.8 Å².